The number of rotatable bonds is 4. The maximum atomic E-state index is 12.7. The topological polar surface area (TPSA) is 74.2 Å². The molecule has 8 heteroatoms. The molecule has 1 aliphatic rings. The number of benzene rings is 1. The van der Waals surface area contributed by atoms with Crippen LogP contribution in [0, 0.1) is 10.5 Å². The summed E-state index contributed by atoms with van der Waals surface area (Å²) >= 11 is 2.24. The number of pyridine rings is 1. The van der Waals surface area contributed by atoms with Crippen molar-refractivity contribution in [2.45, 2.75) is 6.92 Å². The minimum Gasteiger partial charge on any atom is -0.352 e. The fraction of sp³-hybridized carbons (Fsp3) is 0.238. The lowest BCUT2D eigenvalue weighted by atomic mass is 10.2. The van der Waals surface area contributed by atoms with Crippen molar-refractivity contribution in [3.8, 4) is 0 Å². The lowest BCUT2D eigenvalue weighted by Crippen LogP contribution is -2.49. The van der Waals surface area contributed by atoms with E-state index in [0.29, 0.717) is 18.9 Å². The summed E-state index contributed by atoms with van der Waals surface area (Å²) in [6.45, 7) is 4.82. The molecule has 1 amide bonds. The molecule has 0 atom stereocenters. The Balaban J connectivity index is 1.34. The molecule has 0 bridgehead atoms. The van der Waals surface area contributed by atoms with Gasteiger partial charge in [-0.1, -0.05) is 0 Å². The van der Waals surface area contributed by atoms with Crippen molar-refractivity contribution in [1.29, 1.82) is 0 Å². The van der Waals surface area contributed by atoms with Crippen LogP contribution in [0.25, 0.3) is 0 Å². The number of amides is 1. The summed E-state index contributed by atoms with van der Waals surface area (Å²) in [4.78, 5) is 21.0. The number of halogens is 1. The summed E-state index contributed by atoms with van der Waals surface area (Å²) in [6, 6.07) is 15.4. The Labute approximate surface area is 183 Å². The van der Waals surface area contributed by atoms with Gasteiger partial charge in [-0.05, 0) is 83.6 Å². The average Bonchev–Trinajstić information content (AvgIpc) is 2.75. The van der Waals surface area contributed by atoms with Crippen molar-refractivity contribution in [2.75, 3.05) is 36.4 Å². The SMILES string of the molecule is Cc1ccnc(Nc2ccc(N3CCN(C(=O)c4ccc(I)cc4)CC3)nn2)c1. The van der Waals surface area contributed by atoms with Gasteiger partial charge in [-0.2, -0.15) is 0 Å². The molecule has 1 fully saturated rings. The predicted molar refractivity (Wildman–Crippen MR) is 122 cm³/mol. The molecular weight excluding hydrogens is 479 g/mol. The zero-order chi connectivity index (χ0) is 20.2. The second kappa shape index (κ2) is 8.73. The van der Waals surface area contributed by atoms with E-state index < -0.39 is 0 Å². The third-order valence-electron chi connectivity index (χ3n) is 4.80. The summed E-state index contributed by atoms with van der Waals surface area (Å²) in [6.07, 6.45) is 1.76. The van der Waals surface area contributed by atoms with E-state index in [9.17, 15) is 4.79 Å². The molecule has 3 heterocycles. The van der Waals surface area contributed by atoms with Crippen molar-refractivity contribution >= 4 is 46.0 Å². The molecule has 148 valence electrons. The average molecular weight is 500 g/mol. The number of aromatic nitrogens is 3. The Kier molecular flexibility index (Phi) is 5.89. The molecule has 2 aromatic heterocycles. The van der Waals surface area contributed by atoms with E-state index in [2.05, 4.69) is 48.0 Å². The van der Waals surface area contributed by atoms with E-state index in [0.717, 1.165) is 39.4 Å². The molecule has 29 heavy (non-hydrogen) atoms. The summed E-state index contributed by atoms with van der Waals surface area (Å²) in [5.74, 6) is 2.29. The lowest BCUT2D eigenvalue weighted by Gasteiger charge is -2.35. The molecule has 1 aliphatic heterocycles. The van der Waals surface area contributed by atoms with Gasteiger partial charge in [0.2, 0.25) is 0 Å². The summed E-state index contributed by atoms with van der Waals surface area (Å²) in [5, 5.41) is 11.8. The highest BCUT2D eigenvalue weighted by atomic mass is 127. The molecule has 1 N–H and O–H groups in total. The van der Waals surface area contributed by atoms with E-state index in [-0.39, 0.29) is 5.91 Å². The van der Waals surface area contributed by atoms with Crippen molar-refractivity contribution in [3.63, 3.8) is 0 Å². The number of piperazine rings is 1. The van der Waals surface area contributed by atoms with E-state index >= 15 is 0 Å². The molecule has 7 nitrogen and oxygen atoms in total. The Morgan fingerprint density at radius 2 is 1.72 bits per heavy atom. The van der Waals surface area contributed by atoms with E-state index in [1.807, 2.05) is 60.4 Å². The smallest absolute Gasteiger partial charge is 0.253 e. The highest BCUT2D eigenvalue weighted by Gasteiger charge is 2.23. The maximum Gasteiger partial charge on any atom is 0.253 e. The first kappa shape index (κ1) is 19.6. The van der Waals surface area contributed by atoms with Crippen LogP contribution in [-0.4, -0.2) is 52.2 Å². The minimum absolute atomic E-state index is 0.0809. The minimum atomic E-state index is 0.0809. The van der Waals surface area contributed by atoms with Gasteiger partial charge >= 0.3 is 0 Å². The standard InChI is InChI=1S/C21H21IN6O/c1-15-8-9-23-19(14-15)24-18-6-7-20(26-25-18)27-10-12-28(13-11-27)21(29)16-2-4-17(22)5-3-16/h2-9,14H,10-13H2,1H3,(H,23,24,25). The Hall–Kier alpha value is -2.75. The van der Waals surface area contributed by atoms with Crippen LogP contribution in [0.15, 0.2) is 54.7 Å². The normalized spacial score (nSPS) is 14.0. The largest absolute Gasteiger partial charge is 0.352 e. The molecule has 0 aliphatic carbocycles. The van der Waals surface area contributed by atoms with E-state index in [4.69, 9.17) is 0 Å². The summed E-state index contributed by atoms with van der Waals surface area (Å²) < 4.78 is 1.12. The first-order chi connectivity index (χ1) is 14.1. The van der Waals surface area contributed by atoms with Gasteiger partial charge < -0.3 is 15.1 Å². The summed E-state index contributed by atoms with van der Waals surface area (Å²) in [7, 11) is 0. The highest BCUT2D eigenvalue weighted by molar-refractivity contribution is 14.1. The molecule has 3 aromatic rings. The van der Waals surface area contributed by atoms with Gasteiger partial charge in [0.25, 0.3) is 5.91 Å². The van der Waals surface area contributed by atoms with Gasteiger partial charge in [-0.3, -0.25) is 4.79 Å². The number of nitrogens with one attached hydrogen (secondary N) is 1. The maximum absolute atomic E-state index is 12.7. The van der Waals surface area contributed by atoms with Crippen LogP contribution in [0.3, 0.4) is 0 Å². The lowest BCUT2D eigenvalue weighted by molar-refractivity contribution is 0.0746. The number of aryl methyl sites for hydroxylation is 1. The van der Waals surface area contributed by atoms with Crippen LogP contribution in [0.4, 0.5) is 17.5 Å². The molecule has 4 rings (SSSR count). The van der Waals surface area contributed by atoms with Crippen LogP contribution in [-0.2, 0) is 0 Å². The molecule has 1 saturated heterocycles. The van der Waals surface area contributed by atoms with Crippen LogP contribution in [0.2, 0.25) is 0 Å². The quantitative estimate of drug-likeness (QED) is 0.553. The van der Waals surface area contributed by atoms with Crippen LogP contribution < -0.4 is 10.2 Å². The molecular formula is C21H21IN6O. The third-order valence-corrected chi connectivity index (χ3v) is 5.52. The van der Waals surface area contributed by atoms with Crippen molar-refractivity contribution in [3.05, 3.63) is 69.4 Å². The van der Waals surface area contributed by atoms with Crippen molar-refractivity contribution in [1.82, 2.24) is 20.1 Å². The molecule has 0 unspecified atom stereocenters. The number of carbonyl (C=O) groups excluding carboxylic acids is 1. The van der Waals surface area contributed by atoms with Crippen molar-refractivity contribution < 1.29 is 4.79 Å². The van der Waals surface area contributed by atoms with E-state index in [1.165, 1.54) is 0 Å². The highest BCUT2D eigenvalue weighted by Crippen LogP contribution is 2.18. The second-order valence-electron chi connectivity index (χ2n) is 6.91. The zero-order valence-electron chi connectivity index (χ0n) is 16.0. The molecule has 0 radical (unpaired) electrons. The molecule has 0 saturated carbocycles. The Bertz CT molecular complexity index is 985. The number of nitrogens with zero attached hydrogens (tertiary/aromatic N) is 5. The van der Waals surface area contributed by atoms with Crippen molar-refractivity contribution in [2.24, 2.45) is 0 Å². The van der Waals surface area contributed by atoms with Gasteiger partial charge in [0.1, 0.15) is 5.82 Å². The van der Waals surface area contributed by atoms with Gasteiger partial charge in [-0.15, -0.1) is 10.2 Å². The number of carbonyl (C=O) groups is 1. The van der Waals surface area contributed by atoms with Gasteiger partial charge in [0, 0.05) is 41.5 Å². The predicted octanol–water partition coefficient (Wildman–Crippen LogP) is 3.49. The first-order valence-electron chi connectivity index (χ1n) is 9.42. The summed E-state index contributed by atoms with van der Waals surface area (Å²) in [5.41, 5.74) is 1.86. The molecule has 1 aromatic carbocycles. The molecule has 0 spiro atoms. The van der Waals surface area contributed by atoms with Crippen LogP contribution >= 0.6 is 22.6 Å². The fourth-order valence-corrected chi connectivity index (χ4v) is 3.57. The zero-order valence-corrected chi connectivity index (χ0v) is 18.2. The number of hydrogen-bond donors (Lipinski definition) is 1. The van der Waals surface area contributed by atoms with Crippen LogP contribution in [0.1, 0.15) is 15.9 Å². The fourth-order valence-electron chi connectivity index (χ4n) is 3.21. The second-order valence-corrected chi connectivity index (χ2v) is 8.15. The van der Waals surface area contributed by atoms with E-state index in [1.54, 1.807) is 6.20 Å². The number of anilines is 3. The third kappa shape index (κ3) is 4.81. The monoisotopic (exact) mass is 500 g/mol. The van der Waals surface area contributed by atoms with Gasteiger partial charge in [-0.25, -0.2) is 4.98 Å². The first-order valence-corrected chi connectivity index (χ1v) is 10.5. The Morgan fingerprint density at radius 3 is 2.38 bits per heavy atom. The number of hydrogen-bond acceptors (Lipinski definition) is 6. The van der Waals surface area contributed by atoms with Gasteiger partial charge in [0.05, 0.1) is 0 Å². The van der Waals surface area contributed by atoms with Gasteiger partial charge in [0.15, 0.2) is 11.6 Å². The van der Waals surface area contributed by atoms with Crippen LogP contribution in [0.5, 0.6) is 0 Å². The Morgan fingerprint density at radius 1 is 0.966 bits per heavy atom.